The van der Waals surface area contributed by atoms with Gasteiger partial charge in [0.15, 0.2) is 0 Å². The van der Waals surface area contributed by atoms with Gasteiger partial charge in [-0.2, -0.15) is 0 Å². The van der Waals surface area contributed by atoms with Crippen LogP contribution in [0.4, 0.5) is 4.79 Å². The topological polar surface area (TPSA) is 44.8 Å². The van der Waals surface area contributed by atoms with E-state index < -0.39 is 0 Å². The number of urea groups is 1. The molecule has 2 amide bonds. The molecule has 0 spiro atoms. The summed E-state index contributed by atoms with van der Waals surface area (Å²) in [5.41, 5.74) is 0. The van der Waals surface area contributed by atoms with Crippen LogP contribution in [0, 0.1) is 11.8 Å². The first-order valence-corrected chi connectivity index (χ1v) is 7.90. The number of nitrogens with zero attached hydrogens (tertiary/aromatic N) is 2. The summed E-state index contributed by atoms with van der Waals surface area (Å²) in [5.74, 6) is 1.22. The Hall–Kier alpha value is -0.810. The van der Waals surface area contributed by atoms with Gasteiger partial charge in [-0.25, -0.2) is 4.79 Å². The van der Waals surface area contributed by atoms with E-state index in [1.165, 1.54) is 6.42 Å². The van der Waals surface area contributed by atoms with Crippen molar-refractivity contribution in [2.45, 2.75) is 33.2 Å². The van der Waals surface area contributed by atoms with Gasteiger partial charge in [0.05, 0.1) is 13.2 Å². The SMILES string of the molecule is CC1CC(C)CN(C(=O)NC(C)CN2CCOCC2)C1. The van der Waals surface area contributed by atoms with Crippen LogP contribution in [0.25, 0.3) is 0 Å². The van der Waals surface area contributed by atoms with Crippen molar-refractivity contribution >= 4 is 6.03 Å². The van der Waals surface area contributed by atoms with Crippen molar-refractivity contribution in [3.8, 4) is 0 Å². The molecule has 2 fully saturated rings. The zero-order valence-electron chi connectivity index (χ0n) is 13.1. The molecule has 0 aromatic rings. The van der Waals surface area contributed by atoms with E-state index in [1.54, 1.807) is 0 Å². The second-order valence-electron chi connectivity index (χ2n) is 6.61. The van der Waals surface area contributed by atoms with E-state index in [1.807, 2.05) is 4.90 Å². The highest BCUT2D eigenvalue weighted by atomic mass is 16.5. The molecular weight excluding hydrogens is 254 g/mol. The fourth-order valence-corrected chi connectivity index (χ4v) is 3.35. The Morgan fingerprint density at radius 3 is 2.45 bits per heavy atom. The van der Waals surface area contributed by atoms with Crippen LogP contribution in [0.15, 0.2) is 0 Å². The molecule has 3 unspecified atom stereocenters. The Balaban J connectivity index is 1.75. The van der Waals surface area contributed by atoms with Crippen LogP contribution < -0.4 is 5.32 Å². The van der Waals surface area contributed by atoms with Crippen LogP contribution >= 0.6 is 0 Å². The fourth-order valence-electron chi connectivity index (χ4n) is 3.35. The number of rotatable bonds is 3. The van der Waals surface area contributed by atoms with E-state index in [9.17, 15) is 4.79 Å². The molecule has 0 aliphatic carbocycles. The van der Waals surface area contributed by atoms with Gasteiger partial charge in [0.1, 0.15) is 0 Å². The third-order valence-corrected chi connectivity index (χ3v) is 4.16. The van der Waals surface area contributed by atoms with Crippen molar-refractivity contribution in [1.82, 2.24) is 15.1 Å². The summed E-state index contributed by atoms with van der Waals surface area (Å²) in [7, 11) is 0. The third-order valence-electron chi connectivity index (χ3n) is 4.16. The van der Waals surface area contributed by atoms with Gasteiger partial charge in [0.25, 0.3) is 0 Å². The molecule has 2 aliphatic heterocycles. The molecule has 116 valence electrons. The van der Waals surface area contributed by atoms with E-state index in [-0.39, 0.29) is 12.1 Å². The van der Waals surface area contributed by atoms with Crippen LogP contribution in [0.3, 0.4) is 0 Å². The number of likely N-dealkylation sites (tertiary alicyclic amines) is 1. The summed E-state index contributed by atoms with van der Waals surface area (Å²) >= 11 is 0. The molecule has 3 atom stereocenters. The molecule has 0 bridgehead atoms. The predicted octanol–water partition coefficient (Wildman–Crippen LogP) is 1.39. The number of ether oxygens (including phenoxy) is 1. The Morgan fingerprint density at radius 2 is 1.85 bits per heavy atom. The highest BCUT2D eigenvalue weighted by Gasteiger charge is 2.26. The summed E-state index contributed by atoms with van der Waals surface area (Å²) in [6.45, 7) is 12.8. The Morgan fingerprint density at radius 1 is 1.25 bits per heavy atom. The molecule has 5 heteroatoms. The summed E-state index contributed by atoms with van der Waals surface area (Å²) in [6.07, 6.45) is 1.23. The average molecular weight is 283 g/mol. The Bertz CT molecular complexity index is 308. The summed E-state index contributed by atoms with van der Waals surface area (Å²) in [5, 5.41) is 3.14. The molecule has 1 N–H and O–H groups in total. The van der Waals surface area contributed by atoms with Crippen molar-refractivity contribution in [3.05, 3.63) is 0 Å². The van der Waals surface area contributed by atoms with E-state index in [0.29, 0.717) is 11.8 Å². The zero-order valence-corrected chi connectivity index (χ0v) is 13.1. The standard InChI is InChI=1S/C15H29N3O2/c1-12-8-13(2)10-18(9-12)15(19)16-14(3)11-17-4-6-20-7-5-17/h12-14H,4-11H2,1-3H3,(H,16,19). The van der Waals surface area contributed by atoms with Crippen molar-refractivity contribution in [3.63, 3.8) is 0 Å². The third kappa shape index (κ3) is 4.63. The minimum absolute atomic E-state index is 0.101. The minimum atomic E-state index is 0.101. The lowest BCUT2D eigenvalue weighted by atomic mass is 9.92. The minimum Gasteiger partial charge on any atom is -0.379 e. The van der Waals surface area contributed by atoms with Gasteiger partial charge in [0.2, 0.25) is 0 Å². The fraction of sp³-hybridized carbons (Fsp3) is 0.933. The number of hydrogen-bond donors (Lipinski definition) is 1. The second-order valence-corrected chi connectivity index (χ2v) is 6.61. The first-order valence-electron chi connectivity index (χ1n) is 7.90. The van der Waals surface area contributed by atoms with Gasteiger partial charge in [-0.1, -0.05) is 13.8 Å². The van der Waals surface area contributed by atoms with Crippen LogP contribution in [0.2, 0.25) is 0 Å². The molecule has 20 heavy (non-hydrogen) atoms. The van der Waals surface area contributed by atoms with Crippen molar-refractivity contribution in [1.29, 1.82) is 0 Å². The van der Waals surface area contributed by atoms with Crippen molar-refractivity contribution < 1.29 is 9.53 Å². The molecular formula is C15H29N3O2. The van der Waals surface area contributed by atoms with Crippen LogP contribution in [0.1, 0.15) is 27.2 Å². The molecule has 2 saturated heterocycles. The molecule has 0 saturated carbocycles. The number of hydrogen-bond acceptors (Lipinski definition) is 3. The zero-order chi connectivity index (χ0) is 14.5. The summed E-state index contributed by atoms with van der Waals surface area (Å²) < 4.78 is 5.34. The van der Waals surface area contributed by atoms with Crippen molar-refractivity contribution in [2.24, 2.45) is 11.8 Å². The predicted molar refractivity (Wildman–Crippen MR) is 79.8 cm³/mol. The monoisotopic (exact) mass is 283 g/mol. The first-order chi connectivity index (χ1) is 9.54. The van der Waals surface area contributed by atoms with Crippen LogP contribution in [0.5, 0.6) is 0 Å². The molecule has 2 heterocycles. The van der Waals surface area contributed by atoms with Crippen LogP contribution in [-0.2, 0) is 4.74 Å². The maximum absolute atomic E-state index is 12.3. The van der Waals surface area contributed by atoms with E-state index in [0.717, 1.165) is 45.9 Å². The normalized spacial score (nSPS) is 30.1. The smallest absolute Gasteiger partial charge is 0.317 e. The molecule has 2 aliphatic rings. The Labute approximate surface area is 122 Å². The van der Waals surface area contributed by atoms with E-state index in [2.05, 4.69) is 31.0 Å². The largest absolute Gasteiger partial charge is 0.379 e. The number of nitrogens with one attached hydrogen (secondary N) is 1. The molecule has 2 rings (SSSR count). The number of piperidine rings is 1. The lowest BCUT2D eigenvalue weighted by Gasteiger charge is -2.36. The highest BCUT2D eigenvalue weighted by molar-refractivity contribution is 5.74. The first kappa shape index (κ1) is 15.6. The van der Waals surface area contributed by atoms with Gasteiger partial charge in [-0.3, -0.25) is 4.90 Å². The average Bonchev–Trinajstić information content (AvgIpc) is 2.38. The van der Waals surface area contributed by atoms with Gasteiger partial charge in [-0.05, 0) is 25.2 Å². The summed E-state index contributed by atoms with van der Waals surface area (Å²) in [6, 6.07) is 0.289. The molecule has 0 aromatic carbocycles. The lowest BCUT2D eigenvalue weighted by molar-refractivity contribution is 0.0344. The number of carbonyl (C=O) groups excluding carboxylic acids is 1. The highest BCUT2D eigenvalue weighted by Crippen LogP contribution is 2.20. The van der Waals surface area contributed by atoms with E-state index in [4.69, 9.17) is 4.74 Å². The van der Waals surface area contributed by atoms with Gasteiger partial charge >= 0.3 is 6.03 Å². The molecule has 0 radical (unpaired) electrons. The summed E-state index contributed by atoms with van der Waals surface area (Å²) in [4.78, 5) is 16.7. The maximum atomic E-state index is 12.3. The van der Waals surface area contributed by atoms with Crippen molar-refractivity contribution in [2.75, 3.05) is 45.9 Å². The van der Waals surface area contributed by atoms with Gasteiger partial charge in [-0.15, -0.1) is 0 Å². The molecule has 5 nitrogen and oxygen atoms in total. The van der Waals surface area contributed by atoms with E-state index >= 15 is 0 Å². The Kier molecular flexibility index (Phi) is 5.66. The lowest BCUT2D eigenvalue weighted by Crippen LogP contribution is -2.52. The maximum Gasteiger partial charge on any atom is 0.317 e. The van der Waals surface area contributed by atoms with Crippen LogP contribution in [-0.4, -0.2) is 67.8 Å². The second kappa shape index (κ2) is 7.27. The van der Waals surface area contributed by atoms with Gasteiger partial charge < -0.3 is 15.0 Å². The number of carbonyl (C=O) groups is 1. The van der Waals surface area contributed by atoms with Gasteiger partial charge in [0, 0.05) is 38.8 Å². The number of morpholine rings is 1. The molecule has 0 aromatic heterocycles. The number of amides is 2. The quantitative estimate of drug-likeness (QED) is 0.851.